The molecule has 0 aromatic carbocycles. The van der Waals surface area contributed by atoms with E-state index in [2.05, 4.69) is 47.9 Å². The highest BCUT2D eigenvalue weighted by Gasteiger charge is 2.15. The Morgan fingerprint density at radius 2 is 1.74 bits per heavy atom. The molecule has 0 saturated heterocycles. The van der Waals surface area contributed by atoms with Crippen molar-refractivity contribution >= 4 is 0 Å². The molecule has 0 bridgehead atoms. The van der Waals surface area contributed by atoms with Crippen LogP contribution < -0.4 is 5.32 Å². The van der Waals surface area contributed by atoms with Crippen molar-refractivity contribution in [1.82, 2.24) is 20.2 Å². The van der Waals surface area contributed by atoms with Crippen molar-refractivity contribution in [2.75, 3.05) is 27.2 Å². The Balaban J connectivity index is 2.84. The van der Waals surface area contributed by atoms with Crippen molar-refractivity contribution in [3.05, 3.63) is 22.8 Å². The van der Waals surface area contributed by atoms with Crippen LogP contribution in [0.15, 0.2) is 0 Å². The van der Waals surface area contributed by atoms with Crippen LogP contribution in [0.1, 0.15) is 49.0 Å². The SMILES string of the molecule is CCCNCC(C)c1c(C)nc(CN(C)C)nc1C. The number of nitrogens with zero attached hydrogens (tertiary/aromatic N) is 3. The zero-order chi connectivity index (χ0) is 14.4. The molecular weight excluding hydrogens is 236 g/mol. The Labute approximate surface area is 117 Å². The van der Waals surface area contributed by atoms with Crippen molar-refractivity contribution in [1.29, 1.82) is 0 Å². The predicted molar refractivity (Wildman–Crippen MR) is 80.5 cm³/mol. The lowest BCUT2D eigenvalue weighted by atomic mass is 9.98. The second-order valence-corrected chi connectivity index (χ2v) is 5.57. The predicted octanol–water partition coefficient (Wildman–Crippen LogP) is 2.26. The van der Waals surface area contributed by atoms with Gasteiger partial charge in [-0.25, -0.2) is 9.97 Å². The zero-order valence-corrected chi connectivity index (χ0v) is 13.2. The minimum Gasteiger partial charge on any atom is -0.316 e. The summed E-state index contributed by atoms with van der Waals surface area (Å²) < 4.78 is 0. The van der Waals surface area contributed by atoms with Gasteiger partial charge < -0.3 is 10.2 Å². The molecule has 0 saturated carbocycles. The summed E-state index contributed by atoms with van der Waals surface area (Å²) in [7, 11) is 4.08. The van der Waals surface area contributed by atoms with Gasteiger partial charge in [0.05, 0.1) is 6.54 Å². The molecule has 0 spiro atoms. The van der Waals surface area contributed by atoms with Crippen LogP contribution in [0.2, 0.25) is 0 Å². The molecule has 4 heteroatoms. The molecule has 108 valence electrons. The van der Waals surface area contributed by atoms with Gasteiger partial charge in [0.2, 0.25) is 0 Å². The van der Waals surface area contributed by atoms with E-state index in [4.69, 9.17) is 0 Å². The van der Waals surface area contributed by atoms with Gasteiger partial charge in [-0.3, -0.25) is 0 Å². The van der Waals surface area contributed by atoms with E-state index in [0.29, 0.717) is 5.92 Å². The summed E-state index contributed by atoms with van der Waals surface area (Å²) in [5.74, 6) is 1.37. The minimum atomic E-state index is 0.458. The largest absolute Gasteiger partial charge is 0.316 e. The lowest BCUT2D eigenvalue weighted by Gasteiger charge is -2.18. The first-order chi connectivity index (χ1) is 8.95. The van der Waals surface area contributed by atoms with Crippen molar-refractivity contribution in [2.24, 2.45) is 0 Å². The van der Waals surface area contributed by atoms with Gasteiger partial charge in [-0.15, -0.1) is 0 Å². The number of aryl methyl sites for hydroxylation is 2. The van der Waals surface area contributed by atoms with Crippen LogP contribution in [0.25, 0.3) is 0 Å². The maximum Gasteiger partial charge on any atom is 0.142 e. The monoisotopic (exact) mass is 264 g/mol. The summed E-state index contributed by atoms with van der Waals surface area (Å²) in [5.41, 5.74) is 3.54. The highest BCUT2D eigenvalue weighted by atomic mass is 15.1. The van der Waals surface area contributed by atoms with Crippen LogP contribution in [-0.2, 0) is 6.54 Å². The first-order valence-corrected chi connectivity index (χ1v) is 7.15. The highest BCUT2D eigenvalue weighted by molar-refractivity contribution is 5.28. The van der Waals surface area contributed by atoms with Crippen LogP contribution in [-0.4, -0.2) is 42.1 Å². The molecule has 1 heterocycles. The van der Waals surface area contributed by atoms with E-state index in [1.807, 2.05) is 14.1 Å². The molecule has 0 aliphatic carbocycles. The first-order valence-electron chi connectivity index (χ1n) is 7.15. The molecule has 1 rings (SSSR count). The third-order valence-corrected chi connectivity index (χ3v) is 3.20. The standard InChI is InChI=1S/C15H28N4/c1-7-8-16-9-11(2)15-12(3)17-14(10-19(5)6)18-13(15)4/h11,16H,7-10H2,1-6H3. The fourth-order valence-electron chi connectivity index (χ4n) is 2.46. The van der Waals surface area contributed by atoms with Gasteiger partial charge in [-0.2, -0.15) is 0 Å². The average Bonchev–Trinajstić information content (AvgIpc) is 2.27. The molecule has 1 aromatic rings. The Hall–Kier alpha value is -1.00. The molecule has 0 fully saturated rings. The number of aromatic nitrogens is 2. The lowest BCUT2D eigenvalue weighted by molar-refractivity contribution is 0.389. The van der Waals surface area contributed by atoms with Crippen molar-refractivity contribution in [2.45, 2.75) is 46.6 Å². The summed E-state index contributed by atoms with van der Waals surface area (Å²) in [4.78, 5) is 11.4. The van der Waals surface area contributed by atoms with Crippen LogP contribution in [0.5, 0.6) is 0 Å². The number of rotatable bonds is 7. The van der Waals surface area contributed by atoms with Gasteiger partial charge in [0, 0.05) is 17.9 Å². The minimum absolute atomic E-state index is 0.458. The maximum absolute atomic E-state index is 4.64. The topological polar surface area (TPSA) is 41.1 Å². The second-order valence-electron chi connectivity index (χ2n) is 5.57. The van der Waals surface area contributed by atoms with Gasteiger partial charge in [0.25, 0.3) is 0 Å². The Kier molecular flexibility index (Phi) is 6.38. The van der Waals surface area contributed by atoms with Gasteiger partial charge in [-0.1, -0.05) is 13.8 Å². The molecule has 1 aromatic heterocycles. The summed E-state index contributed by atoms with van der Waals surface area (Å²) in [6.07, 6.45) is 1.17. The summed E-state index contributed by atoms with van der Waals surface area (Å²) >= 11 is 0. The third kappa shape index (κ3) is 4.88. The number of hydrogen-bond acceptors (Lipinski definition) is 4. The molecule has 0 radical (unpaired) electrons. The highest BCUT2D eigenvalue weighted by Crippen LogP contribution is 2.21. The summed E-state index contributed by atoms with van der Waals surface area (Å²) in [6.45, 7) is 11.5. The van der Waals surface area contributed by atoms with Crippen molar-refractivity contribution < 1.29 is 0 Å². The normalized spacial score (nSPS) is 13.0. The Morgan fingerprint density at radius 3 is 2.21 bits per heavy atom. The van der Waals surface area contributed by atoms with E-state index in [1.165, 1.54) is 12.0 Å². The molecule has 19 heavy (non-hydrogen) atoms. The van der Waals surface area contributed by atoms with Crippen molar-refractivity contribution in [3.63, 3.8) is 0 Å². The van der Waals surface area contributed by atoms with Crippen molar-refractivity contribution in [3.8, 4) is 0 Å². The summed E-state index contributed by atoms with van der Waals surface area (Å²) in [6, 6.07) is 0. The summed E-state index contributed by atoms with van der Waals surface area (Å²) in [5, 5.41) is 3.47. The van der Waals surface area contributed by atoms with E-state index in [-0.39, 0.29) is 0 Å². The van der Waals surface area contributed by atoms with E-state index >= 15 is 0 Å². The van der Waals surface area contributed by atoms with Crippen LogP contribution in [0.3, 0.4) is 0 Å². The smallest absolute Gasteiger partial charge is 0.142 e. The van der Waals surface area contributed by atoms with E-state index in [0.717, 1.165) is 36.8 Å². The second kappa shape index (κ2) is 7.56. The number of nitrogens with one attached hydrogen (secondary N) is 1. The fraction of sp³-hybridized carbons (Fsp3) is 0.733. The molecule has 0 amide bonds. The molecule has 1 atom stereocenters. The first kappa shape index (κ1) is 16.1. The van der Waals surface area contributed by atoms with Gasteiger partial charge in [0.15, 0.2) is 0 Å². The molecule has 1 N–H and O–H groups in total. The molecule has 0 aliphatic rings. The van der Waals surface area contributed by atoms with E-state index < -0.39 is 0 Å². The lowest BCUT2D eigenvalue weighted by Crippen LogP contribution is -2.23. The van der Waals surface area contributed by atoms with E-state index in [1.54, 1.807) is 0 Å². The third-order valence-electron chi connectivity index (χ3n) is 3.20. The van der Waals surface area contributed by atoms with E-state index in [9.17, 15) is 0 Å². The quantitative estimate of drug-likeness (QED) is 0.767. The molecule has 0 aliphatic heterocycles. The van der Waals surface area contributed by atoms with Crippen LogP contribution in [0, 0.1) is 13.8 Å². The average molecular weight is 264 g/mol. The zero-order valence-electron chi connectivity index (χ0n) is 13.2. The van der Waals surface area contributed by atoms with Crippen LogP contribution in [0.4, 0.5) is 0 Å². The molecule has 4 nitrogen and oxygen atoms in total. The number of hydrogen-bond donors (Lipinski definition) is 1. The Bertz CT molecular complexity index is 378. The van der Waals surface area contributed by atoms with Gasteiger partial charge in [0.1, 0.15) is 5.82 Å². The molecule has 1 unspecified atom stereocenters. The van der Waals surface area contributed by atoms with Gasteiger partial charge in [-0.05, 0) is 52.4 Å². The fourth-order valence-corrected chi connectivity index (χ4v) is 2.46. The van der Waals surface area contributed by atoms with Crippen LogP contribution >= 0.6 is 0 Å². The Morgan fingerprint density at radius 1 is 1.16 bits per heavy atom. The van der Waals surface area contributed by atoms with Gasteiger partial charge >= 0.3 is 0 Å². The maximum atomic E-state index is 4.64. The molecular formula is C15H28N4.